The zero-order chi connectivity index (χ0) is 16.9. The highest BCUT2D eigenvalue weighted by molar-refractivity contribution is 5.98. The molecule has 3 rings (SSSR count). The van der Waals surface area contributed by atoms with Crippen molar-refractivity contribution in [1.82, 2.24) is 4.98 Å². The van der Waals surface area contributed by atoms with Gasteiger partial charge in [0.2, 0.25) is 0 Å². The van der Waals surface area contributed by atoms with Gasteiger partial charge in [-0.15, -0.1) is 0 Å². The molecule has 0 bridgehead atoms. The number of esters is 1. The molecular weight excluding hydrogens is 302 g/mol. The summed E-state index contributed by atoms with van der Waals surface area (Å²) < 4.78 is 10.9. The SMILES string of the molecule is Cc1nc2ccccc2c(C)c1C(=O)OCCOc1ccccc1. The molecule has 0 aliphatic rings. The lowest BCUT2D eigenvalue weighted by Gasteiger charge is -2.12. The Hall–Kier alpha value is -2.88. The molecule has 0 atom stereocenters. The number of fused-ring (bicyclic) bond motifs is 1. The number of hydrogen-bond acceptors (Lipinski definition) is 4. The third-order valence-electron chi connectivity index (χ3n) is 3.87. The smallest absolute Gasteiger partial charge is 0.340 e. The first-order valence-electron chi connectivity index (χ1n) is 7.87. The zero-order valence-corrected chi connectivity index (χ0v) is 13.8. The maximum Gasteiger partial charge on any atom is 0.340 e. The van der Waals surface area contributed by atoms with Crippen LogP contribution in [0.5, 0.6) is 5.75 Å². The minimum atomic E-state index is -0.361. The molecule has 0 spiro atoms. The van der Waals surface area contributed by atoms with Crippen LogP contribution >= 0.6 is 0 Å². The molecule has 0 fully saturated rings. The first kappa shape index (κ1) is 16.0. The number of pyridine rings is 1. The van der Waals surface area contributed by atoms with Gasteiger partial charge in [0.1, 0.15) is 19.0 Å². The van der Waals surface area contributed by atoms with Crippen molar-refractivity contribution in [2.75, 3.05) is 13.2 Å². The van der Waals surface area contributed by atoms with Gasteiger partial charge in [0.15, 0.2) is 0 Å². The quantitative estimate of drug-likeness (QED) is 0.524. The van der Waals surface area contributed by atoms with Gasteiger partial charge in [-0.1, -0.05) is 36.4 Å². The van der Waals surface area contributed by atoms with Crippen molar-refractivity contribution in [2.24, 2.45) is 0 Å². The number of carbonyl (C=O) groups is 1. The number of ether oxygens (including phenoxy) is 2. The molecule has 0 N–H and O–H groups in total. The van der Waals surface area contributed by atoms with E-state index >= 15 is 0 Å². The van der Waals surface area contributed by atoms with E-state index < -0.39 is 0 Å². The van der Waals surface area contributed by atoms with Gasteiger partial charge >= 0.3 is 5.97 Å². The molecular formula is C20H19NO3. The van der Waals surface area contributed by atoms with E-state index in [1.807, 2.05) is 68.4 Å². The number of nitrogens with zero attached hydrogens (tertiary/aromatic N) is 1. The van der Waals surface area contributed by atoms with E-state index in [2.05, 4.69) is 4.98 Å². The lowest BCUT2D eigenvalue weighted by molar-refractivity contribution is 0.0448. The Bertz CT molecular complexity index is 859. The van der Waals surface area contributed by atoms with E-state index in [-0.39, 0.29) is 12.6 Å². The van der Waals surface area contributed by atoms with Gasteiger partial charge < -0.3 is 9.47 Å². The largest absolute Gasteiger partial charge is 0.490 e. The standard InChI is InChI=1S/C20H19NO3/c1-14-17-10-6-7-11-18(17)21-15(2)19(14)20(22)24-13-12-23-16-8-4-3-5-9-16/h3-11H,12-13H2,1-2H3. The summed E-state index contributed by atoms with van der Waals surface area (Å²) in [5.74, 6) is 0.396. The van der Waals surface area contributed by atoms with Crippen molar-refractivity contribution in [3.8, 4) is 5.75 Å². The van der Waals surface area contributed by atoms with Crippen LogP contribution in [-0.4, -0.2) is 24.2 Å². The topological polar surface area (TPSA) is 48.4 Å². The third-order valence-corrected chi connectivity index (χ3v) is 3.87. The Balaban J connectivity index is 1.68. The summed E-state index contributed by atoms with van der Waals surface area (Å²) in [6, 6.07) is 17.2. The van der Waals surface area contributed by atoms with Crippen molar-refractivity contribution >= 4 is 16.9 Å². The van der Waals surface area contributed by atoms with Gasteiger partial charge in [0.25, 0.3) is 0 Å². The van der Waals surface area contributed by atoms with Crippen LogP contribution in [0.15, 0.2) is 54.6 Å². The summed E-state index contributed by atoms with van der Waals surface area (Å²) in [6.45, 7) is 4.26. The average molecular weight is 321 g/mol. The Morgan fingerprint density at radius 2 is 1.67 bits per heavy atom. The molecule has 0 saturated carbocycles. The van der Waals surface area contributed by atoms with Crippen molar-refractivity contribution in [3.63, 3.8) is 0 Å². The number of para-hydroxylation sites is 2. The van der Waals surface area contributed by atoms with Crippen LogP contribution in [0.3, 0.4) is 0 Å². The molecule has 1 heterocycles. The molecule has 24 heavy (non-hydrogen) atoms. The summed E-state index contributed by atoms with van der Waals surface area (Å²) in [7, 11) is 0. The highest BCUT2D eigenvalue weighted by Gasteiger charge is 2.17. The molecule has 0 aliphatic heterocycles. The average Bonchev–Trinajstić information content (AvgIpc) is 2.60. The van der Waals surface area contributed by atoms with Crippen LogP contribution in [0.4, 0.5) is 0 Å². The van der Waals surface area contributed by atoms with E-state index in [1.54, 1.807) is 0 Å². The second kappa shape index (κ2) is 7.13. The monoisotopic (exact) mass is 321 g/mol. The minimum Gasteiger partial charge on any atom is -0.490 e. The van der Waals surface area contributed by atoms with Crippen molar-refractivity contribution in [1.29, 1.82) is 0 Å². The van der Waals surface area contributed by atoms with Crippen molar-refractivity contribution in [3.05, 3.63) is 71.4 Å². The lowest BCUT2D eigenvalue weighted by Crippen LogP contribution is -2.15. The van der Waals surface area contributed by atoms with Crippen molar-refractivity contribution < 1.29 is 14.3 Å². The molecule has 122 valence electrons. The number of rotatable bonds is 5. The molecule has 4 heteroatoms. The van der Waals surface area contributed by atoms with Gasteiger partial charge in [0.05, 0.1) is 16.8 Å². The number of carbonyl (C=O) groups excluding carboxylic acids is 1. The van der Waals surface area contributed by atoms with Crippen LogP contribution < -0.4 is 4.74 Å². The fourth-order valence-electron chi connectivity index (χ4n) is 2.71. The fraction of sp³-hybridized carbons (Fsp3) is 0.200. The Kier molecular flexibility index (Phi) is 4.75. The lowest BCUT2D eigenvalue weighted by atomic mass is 10.0. The van der Waals surface area contributed by atoms with Gasteiger partial charge in [0, 0.05) is 5.39 Å². The highest BCUT2D eigenvalue weighted by atomic mass is 16.6. The first-order valence-corrected chi connectivity index (χ1v) is 7.87. The van der Waals surface area contributed by atoms with Gasteiger partial charge in [-0.3, -0.25) is 4.98 Å². The maximum atomic E-state index is 12.4. The van der Waals surface area contributed by atoms with Gasteiger partial charge in [-0.2, -0.15) is 0 Å². The molecule has 0 aliphatic carbocycles. The predicted octanol–water partition coefficient (Wildman–Crippen LogP) is 4.09. The van der Waals surface area contributed by atoms with Crippen LogP contribution in [0, 0.1) is 13.8 Å². The number of benzene rings is 2. The Morgan fingerprint density at radius 1 is 0.958 bits per heavy atom. The maximum absolute atomic E-state index is 12.4. The molecule has 0 amide bonds. The van der Waals surface area contributed by atoms with Gasteiger partial charge in [-0.25, -0.2) is 4.79 Å². The summed E-state index contributed by atoms with van der Waals surface area (Å²) in [4.78, 5) is 16.9. The molecule has 4 nitrogen and oxygen atoms in total. The summed E-state index contributed by atoms with van der Waals surface area (Å²) >= 11 is 0. The van der Waals surface area contributed by atoms with Crippen LogP contribution in [0.2, 0.25) is 0 Å². The first-order chi connectivity index (χ1) is 11.7. The second-order valence-electron chi connectivity index (χ2n) is 5.51. The molecule has 3 aromatic rings. The minimum absolute atomic E-state index is 0.194. The fourth-order valence-corrected chi connectivity index (χ4v) is 2.71. The normalized spacial score (nSPS) is 10.6. The number of hydrogen-bond donors (Lipinski definition) is 0. The van der Waals surface area contributed by atoms with E-state index in [9.17, 15) is 4.79 Å². The predicted molar refractivity (Wildman–Crippen MR) is 93.4 cm³/mol. The summed E-state index contributed by atoms with van der Waals surface area (Å²) in [5.41, 5.74) is 3.00. The molecule has 1 aromatic heterocycles. The van der Waals surface area contributed by atoms with Crippen LogP contribution in [0.25, 0.3) is 10.9 Å². The van der Waals surface area contributed by atoms with E-state index in [4.69, 9.17) is 9.47 Å². The Labute approximate surface area is 141 Å². The molecule has 0 radical (unpaired) electrons. The summed E-state index contributed by atoms with van der Waals surface area (Å²) in [6.07, 6.45) is 0. The van der Waals surface area contributed by atoms with Crippen LogP contribution in [-0.2, 0) is 4.74 Å². The molecule has 2 aromatic carbocycles. The second-order valence-corrected chi connectivity index (χ2v) is 5.51. The highest BCUT2D eigenvalue weighted by Crippen LogP contribution is 2.23. The molecule has 0 saturated heterocycles. The zero-order valence-electron chi connectivity index (χ0n) is 13.8. The molecule has 0 unspecified atom stereocenters. The van der Waals surface area contributed by atoms with E-state index in [0.717, 1.165) is 22.2 Å². The van der Waals surface area contributed by atoms with E-state index in [1.165, 1.54) is 0 Å². The van der Waals surface area contributed by atoms with Crippen LogP contribution in [0.1, 0.15) is 21.6 Å². The number of aromatic nitrogens is 1. The summed E-state index contributed by atoms with van der Waals surface area (Å²) in [5, 5.41) is 0.968. The number of aryl methyl sites for hydroxylation is 2. The van der Waals surface area contributed by atoms with Gasteiger partial charge in [-0.05, 0) is 37.6 Å². The third kappa shape index (κ3) is 3.38. The van der Waals surface area contributed by atoms with Crippen molar-refractivity contribution in [2.45, 2.75) is 13.8 Å². The Morgan fingerprint density at radius 3 is 2.46 bits per heavy atom. The van der Waals surface area contributed by atoms with E-state index in [0.29, 0.717) is 17.9 Å².